The van der Waals surface area contributed by atoms with Gasteiger partial charge in [-0.1, -0.05) is 23.7 Å². The van der Waals surface area contributed by atoms with Crippen LogP contribution in [-0.2, 0) is 0 Å². The molecule has 0 unspecified atom stereocenters. The number of rotatable bonds is 2. The third kappa shape index (κ3) is 2.13. The third-order valence-corrected chi connectivity index (χ3v) is 2.80. The zero-order chi connectivity index (χ0) is 10.8. The molecule has 0 saturated carbocycles. The SMILES string of the molecule is O=C(c1cc(Br)c[nH]1)c1ccccc1Cl. The maximum absolute atomic E-state index is 11.9. The molecule has 2 nitrogen and oxygen atoms in total. The summed E-state index contributed by atoms with van der Waals surface area (Å²) < 4.78 is 0.845. The number of carbonyl (C=O) groups is 1. The van der Waals surface area contributed by atoms with Gasteiger partial charge in [-0.2, -0.15) is 0 Å². The maximum atomic E-state index is 11.9. The van der Waals surface area contributed by atoms with E-state index in [0.717, 1.165) is 4.47 Å². The summed E-state index contributed by atoms with van der Waals surface area (Å²) in [7, 11) is 0. The van der Waals surface area contributed by atoms with Crippen molar-refractivity contribution >= 4 is 33.3 Å². The van der Waals surface area contributed by atoms with E-state index in [0.29, 0.717) is 16.3 Å². The van der Waals surface area contributed by atoms with Crippen molar-refractivity contribution in [2.75, 3.05) is 0 Å². The lowest BCUT2D eigenvalue weighted by Crippen LogP contribution is -2.01. The predicted molar refractivity (Wildman–Crippen MR) is 63.4 cm³/mol. The predicted octanol–water partition coefficient (Wildman–Crippen LogP) is 3.66. The van der Waals surface area contributed by atoms with E-state index >= 15 is 0 Å². The third-order valence-electron chi connectivity index (χ3n) is 2.01. The summed E-state index contributed by atoms with van der Waals surface area (Å²) in [5, 5.41) is 0.466. The van der Waals surface area contributed by atoms with Crippen LogP contribution in [0.4, 0.5) is 0 Å². The quantitative estimate of drug-likeness (QED) is 0.839. The van der Waals surface area contributed by atoms with Gasteiger partial charge in [-0.15, -0.1) is 0 Å². The van der Waals surface area contributed by atoms with Gasteiger partial charge in [0.2, 0.25) is 5.78 Å². The van der Waals surface area contributed by atoms with Crippen molar-refractivity contribution < 1.29 is 4.79 Å². The van der Waals surface area contributed by atoms with Gasteiger partial charge in [0.1, 0.15) is 0 Å². The molecular weight excluding hydrogens is 277 g/mol. The lowest BCUT2D eigenvalue weighted by Gasteiger charge is -2.00. The molecular formula is C11H7BrClNO. The van der Waals surface area contributed by atoms with Crippen LogP contribution in [0, 0.1) is 0 Å². The van der Waals surface area contributed by atoms with Gasteiger partial charge in [0.05, 0.1) is 10.7 Å². The van der Waals surface area contributed by atoms with Crippen LogP contribution in [0.2, 0.25) is 5.02 Å². The summed E-state index contributed by atoms with van der Waals surface area (Å²) in [5.41, 5.74) is 1.03. The van der Waals surface area contributed by atoms with E-state index in [2.05, 4.69) is 20.9 Å². The Morgan fingerprint density at radius 1 is 1.33 bits per heavy atom. The molecule has 0 aliphatic rings. The van der Waals surface area contributed by atoms with Gasteiger partial charge in [0, 0.05) is 16.2 Å². The van der Waals surface area contributed by atoms with Crippen molar-refractivity contribution in [3.05, 3.63) is 57.3 Å². The van der Waals surface area contributed by atoms with Crippen LogP contribution < -0.4 is 0 Å². The molecule has 0 aliphatic heterocycles. The van der Waals surface area contributed by atoms with Crippen LogP contribution in [0.25, 0.3) is 0 Å². The van der Waals surface area contributed by atoms with Gasteiger partial charge in [0.25, 0.3) is 0 Å². The summed E-state index contributed by atoms with van der Waals surface area (Å²) >= 11 is 9.20. The van der Waals surface area contributed by atoms with Gasteiger partial charge in [0.15, 0.2) is 0 Å². The molecule has 2 rings (SSSR count). The standard InChI is InChI=1S/C11H7BrClNO/c12-7-5-10(14-6-7)11(15)8-3-1-2-4-9(8)13/h1-6,14H. The summed E-state index contributed by atoms with van der Waals surface area (Å²) in [6.07, 6.45) is 1.71. The Kier molecular flexibility index (Phi) is 2.93. The van der Waals surface area contributed by atoms with Crippen LogP contribution in [0.5, 0.6) is 0 Å². The van der Waals surface area contributed by atoms with Crippen molar-refractivity contribution in [3.8, 4) is 0 Å². The van der Waals surface area contributed by atoms with Gasteiger partial charge < -0.3 is 4.98 Å². The van der Waals surface area contributed by atoms with E-state index in [1.54, 1.807) is 36.5 Å². The van der Waals surface area contributed by atoms with Crippen molar-refractivity contribution in [1.82, 2.24) is 4.98 Å². The normalized spacial score (nSPS) is 10.3. The Bertz CT molecular complexity index is 507. The highest BCUT2D eigenvalue weighted by Gasteiger charge is 2.13. The minimum atomic E-state index is -0.105. The Morgan fingerprint density at radius 2 is 2.07 bits per heavy atom. The Balaban J connectivity index is 2.41. The molecule has 0 radical (unpaired) electrons. The number of aromatic nitrogens is 1. The fraction of sp³-hybridized carbons (Fsp3) is 0. The first-order valence-corrected chi connectivity index (χ1v) is 5.49. The van der Waals surface area contributed by atoms with Crippen molar-refractivity contribution in [3.63, 3.8) is 0 Å². The molecule has 0 aliphatic carbocycles. The minimum absolute atomic E-state index is 0.105. The molecule has 0 fully saturated rings. The molecule has 0 atom stereocenters. The monoisotopic (exact) mass is 283 g/mol. The number of aromatic amines is 1. The van der Waals surface area contributed by atoms with Gasteiger partial charge in [-0.05, 0) is 34.1 Å². The first-order valence-electron chi connectivity index (χ1n) is 4.31. The van der Waals surface area contributed by atoms with Crippen LogP contribution in [-0.4, -0.2) is 10.8 Å². The number of hydrogen-bond acceptors (Lipinski definition) is 1. The Labute approximate surface area is 100 Å². The fourth-order valence-corrected chi connectivity index (χ4v) is 1.85. The van der Waals surface area contributed by atoms with Gasteiger partial charge >= 0.3 is 0 Å². The van der Waals surface area contributed by atoms with E-state index in [9.17, 15) is 4.79 Å². The highest BCUT2D eigenvalue weighted by atomic mass is 79.9. The molecule has 1 heterocycles. The second kappa shape index (κ2) is 4.21. The lowest BCUT2D eigenvalue weighted by atomic mass is 10.1. The first-order chi connectivity index (χ1) is 7.18. The summed E-state index contributed by atoms with van der Waals surface area (Å²) in [4.78, 5) is 14.8. The average Bonchev–Trinajstić information content (AvgIpc) is 2.65. The maximum Gasteiger partial charge on any atom is 0.210 e. The second-order valence-corrected chi connectivity index (χ2v) is 4.36. The lowest BCUT2D eigenvalue weighted by molar-refractivity contribution is 0.103. The van der Waals surface area contributed by atoms with E-state index in [1.165, 1.54) is 0 Å². The molecule has 1 aromatic heterocycles. The molecule has 4 heteroatoms. The average molecular weight is 285 g/mol. The Morgan fingerprint density at radius 3 is 2.67 bits per heavy atom. The van der Waals surface area contributed by atoms with Gasteiger partial charge in [-0.25, -0.2) is 0 Å². The first kappa shape index (κ1) is 10.5. The summed E-state index contributed by atoms with van der Waals surface area (Å²) in [6.45, 7) is 0. The van der Waals surface area contributed by atoms with Crippen molar-refractivity contribution in [2.24, 2.45) is 0 Å². The van der Waals surface area contributed by atoms with Crippen LogP contribution >= 0.6 is 27.5 Å². The number of halogens is 2. The Hall–Kier alpha value is -1.06. The van der Waals surface area contributed by atoms with Crippen LogP contribution in [0.3, 0.4) is 0 Å². The van der Waals surface area contributed by atoms with E-state index in [1.807, 2.05) is 0 Å². The highest BCUT2D eigenvalue weighted by Crippen LogP contribution is 2.20. The largest absolute Gasteiger partial charge is 0.357 e. The fourth-order valence-electron chi connectivity index (χ4n) is 1.29. The molecule has 0 spiro atoms. The molecule has 0 bridgehead atoms. The second-order valence-electron chi connectivity index (χ2n) is 3.04. The molecule has 2 aromatic rings. The number of ketones is 1. The van der Waals surface area contributed by atoms with E-state index < -0.39 is 0 Å². The zero-order valence-electron chi connectivity index (χ0n) is 7.63. The van der Waals surface area contributed by atoms with Crippen LogP contribution in [0.1, 0.15) is 16.1 Å². The highest BCUT2D eigenvalue weighted by molar-refractivity contribution is 9.10. The van der Waals surface area contributed by atoms with Crippen molar-refractivity contribution in [1.29, 1.82) is 0 Å². The van der Waals surface area contributed by atoms with Crippen LogP contribution in [0.15, 0.2) is 41.0 Å². The molecule has 15 heavy (non-hydrogen) atoms. The summed E-state index contributed by atoms with van der Waals surface area (Å²) in [5.74, 6) is -0.105. The number of hydrogen-bond donors (Lipinski definition) is 1. The molecule has 0 saturated heterocycles. The van der Waals surface area contributed by atoms with E-state index in [-0.39, 0.29) is 5.78 Å². The molecule has 0 amide bonds. The molecule has 1 N–H and O–H groups in total. The molecule has 1 aromatic carbocycles. The number of benzene rings is 1. The van der Waals surface area contributed by atoms with Gasteiger partial charge in [-0.3, -0.25) is 4.79 Å². The topological polar surface area (TPSA) is 32.9 Å². The van der Waals surface area contributed by atoms with Crippen molar-refractivity contribution in [2.45, 2.75) is 0 Å². The summed E-state index contributed by atoms with van der Waals surface area (Å²) in [6, 6.07) is 8.72. The number of nitrogens with one attached hydrogen (secondary N) is 1. The smallest absolute Gasteiger partial charge is 0.210 e. The zero-order valence-corrected chi connectivity index (χ0v) is 9.97. The number of carbonyl (C=O) groups excluding carboxylic acids is 1. The van der Waals surface area contributed by atoms with E-state index in [4.69, 9.17) is 11.6 Å². The number of H-pyrrole nitrogens is 1. The molecule has 76 valence electrons. The minimum Gasteiger partial charge on any atom is -0.357 e.